The van der Waals surface area contributed by atoms with Crippen molar-refractivity contribution in [3.8, 4) is 0 Å². The van der Waals surface area contributed by atoms with E-state index in [1.165, 1.54) is 44.9 Å². The molecule has 2 heteroatoms. The van der Waals surface area contributed by atoms with Crippen molar-refractivity contribution in [2.75, 3.05) is 7.05 Å². The van der Waals surface area contributed by atoms with Crippen molar-refractivity contribution in [2.24, 2.45) is 0 Å². The summed E-state index contributed by atoms with van der Waals surface area (Å²) in [5, 5.41) is 7.09. The Morgan fingerprint density at radius 3 is 3.00 bits per heavy atom. The fraction of sp³-hybridized carbons (Fsp3) is 0.846. The van der Waals surface area contributed by atoms with Gasteiger partial charge in [-0.1, -0.05) is 31.9 Å². The van der Waals surface area contributed by atoms with Crippen LogP contribution in [-0.2, 0) is 0 Å². The van der Waals surface area contributed by atoms with Crippen LogP contribution in [0.1, 0.15) is 51.9 Å². The van der Waals surface area contributed by atoms with Gasteiger partial charge in [-0.15, -0.1) is 0 Å². The molecule has 2 nitrogen and oxygen atoms in total. The summed E-state index contributed by atoms with van der Waals surface area (Å²) in [6.45, 7) is 2.25. The van der Waals surface area contributed by atoms with Crippen LogP contribution >= 0.6 is 0 Å². The molecule has 0 radical (unpaired) electrons. The first-order valence-electron chi connectivity index (χ1n) is 6.45. The number of hydrogen-bond acceptors (Lipinski definition) is 2. The zero-order chi connectivity index (χ0) is 10.9. The van der Waals surface area contributed by atoms with Gasteiger partial charge in [-0.3, -0.25) is 5.32 Å². The standard InChI is InChI=1S/C13H26N2/c1-3-4-11-13(14-2)15-12-9-7-5-6-8-10-12/h5,7,12-15H,3-4,6,8-11H2,1-2H3. The largest absolute Gasteiger partial charge is 0.305 e. The fourth-order valence-corrected chi connectivity index (χ4v) is 2.13. The van der Waals surface area contributed by atoms with E-state index in [9.17, 15) is 0 Å². The minimum atomic E-state index is 0.501. The second-order valence-corrected chi connectivity index (χ2v) is 4.49. The smallest absolute Gasteiger partial charge is 0.0571 e. The molecule has 1 aliphatic rings. The van der Waals surface area contributed by atoms with Gasteiger partial charge in [-0.05, 0) is 39.2 Å². The van der Waals surface area contributed by atoms with Crippen LogP contribution in [0.4, 0.5) is 0 Å². The second-order valence-electron chi connectivity index (χ2n) is 4.49. The molecule has 15 heavy (non-hydrogen) atoms. The Morgan fingerprint density at radius 1 is 1.40 bits per heavy atom. The molecule has 0 saturated heterocycles. The summed E-state index contributed by atoms with van der Waals surface area (Å²) in [6.07, 6.45) is 14.1. The summed E-state index contributed by atoms with van der Waals surface area (Å²) in [4.78, 5) is 0. The molecule has 0 heterocycles. The van der Waals surface area contributed by atoms with E-state index in [2.05, 4.69) is 36.8 Å². The van der Waals surface area contributed by atoms with Crippen molar-refractivity contribution in [1.82, 2.24) is 10.6 Å². The number of allylic oxidation sites excluding steroid dienone is 1. The average molecular weight is 210 g/mol. The molecule has 0 spiro atoms. The molecular weight excluding hydrogens is 184 g/mol. The zero-order valence-electron chi connectivity index (χ0n) is 10.3. The predicted molar refractivity (Wildman–Crippen MR) is 66.9 cm³/mol. The maximum atomic E-state index is 3.72. The quantitative estimate of drug-likeness (QED) is 0.520. The molecule has 0 fully saturated rings. The molecule has 0 aliphatic heterocycles. The first kappa shape index (κ1) is 12.7. The predicted octanol–water partition coefficient (Wildman–Crippen LogP) is 2.81. The summed E-state index contributed by atoms with van der Waals surface area (Å²) in [5.74, 6) is 0. The normalized spacial score (nSPS) is 23.7. The minimum Gasteiger partial charge on any atom is -0.305 e. The van der Waals surface area contributed by atoms with E-state index in [-0.39, 0.29) is 0 Å². The van der Waals surface area contributed by atoms with Gasteiger partial charge in [0.1, 0.15) is 0 Å². The van der Waals surface area contributed by atoms with Crippen molar-refractivity contribution in [3.63, 3.8) is 0 Å². The summed E-state index contributed by atoms with van der Waals surface area (Å²) >= 11 is 0. The van der Waals surface area contributed by atoms with Crippen molar-refractivity contribution in [2.45, 2.75) is 64.1 Å². The first-order chi connectivity index (χ1) is 7.36. The molecule has 0 saturated carbocycles. The van der Waals surface area contributed by atoms with E-state index in [1.54, 1.807) is 0 Å². The Hall–Kier alpha value is -0.340. The van der Waals surface area contributed by atoms with Crippen molar-refractivity contribution >= 4 is 0 Å². The molecule has 1 rings (SSSR count). The molecule has 0 aromatic heterocycles. The number of nitrogens with one attached hydrogen (secondary N) is 2. The van der Waals surface area contributed by atoms with Crippen molar-refractivity contribution < 1.29 is 0 Å². The number of hydrogen-bond donors (Lipinski definition) is 2. The third kappa shape index (κ3) is 5.33. The molecule has 0 aromatic rings. The molecule has 2 N–H and O–H groups in total. The van der Waals surface area contributed by atoms with E-state index in [0.29, 0.717) is 12.2 Å². The summed E-state index contributed by atoms with van der Waals surface area (Å²) in [5.41, 5.74) is 0. The monoisotopic (exact) mass is 210 g/mol. The van der Waals surface area contributed by atoms with Crippen LogP contribution in [0.5, 0.6) is 0 Å². The minimum absolute atomic E-state index is 0.501. The van der Waals surface area contributed by atoms with Crippen LogP contribution in [-0.4, -0.2) is 19.3 Å². The fourth-order valence-electron chi connectivity index (χ4n) is 2.13. The lowest BCUT2D eigenvalue weighted by Crippen LogP contribution is -2.45. The Bertz CT molecular complexity index is 177. The summed E-state index contributed by atoms with van der Waals surface area (Å²) < 4.78 is 0. The van der Waals surface area contributed by atoms with E-state index in [1.807, 2.05) is 0 Å². The van der Waals surface area contributed by atoms with Gasteiger partial charge in [0.25, 0.3) is 0 Å². The molecule has 2 unspecified atom stereocenters. The topological polar surface area (TPSA) is 24.1 Å². The third-order valence-corrected chi connectivity index (χ3v) is 3.14. The van der Waals surface area contributed by atoms with Crippen LogP contribution in [0, 0.1) is 0 Å². The highest BCUT2D eigenvalue weighted by Gasteiger charge is 2.13. The van der Waals surface area contributed by atoms with E-state index in [0.717, 1.165) is 0 Å². The Morgan fingerprint density at radius 2 is 2.27 bits per heavy atom. The lowest BCUT2D eigenvalue weighted by Gasteiger charge is -2.24. The van der Waals surface area contributed by atoms with Crippen molar-refractivity contribution in [1.29, 1.82) is 0 Å². The van der Waals surface area contributed by atoms with Gasteiger partial charge in [-0.25, -0.2) is 0 Å². The summed E-state index contributed by atoms with van der Waals surface area (Å²) in [6, 6.07) is 0.679. The molecule has 1 aliphatic carbocycles. The van der Waals surface area contributed by atoms with Crippen LogP contribution < -0.4 is 10.6 Å². The summed E-state index contributed by atoms with van der Waals surface area (Å²) in [7, 11) is 2.06. The van der Waals surface area contributed by atoms with Gasteiger partial charge >= 0.3 is 0 Å². The second kappa shape index (κ2) is 7.89. The molecule has 0 amide bonds. The van der Waals surface area contributed by atoms with E-state index < -0.39 is 0 Å². The highest BCUT2D eigenvalue weighted by Crippen LogP contribution is 2.12. The van der Waals surface area contributed by atoms with Gasteiger partial charge in [0.2, 0.25) is 0 Å². The number of unbranched alkanes of at least 4 members (excludes halogenated alkanes) is 1. The zero-order valence-corrected chi connectivity index (χ0v) is 10.3. The molecule has 0 aromatic carbocycles. The molecule has 88 valence electrons. The van der Waals surface area contributed by atoms with Crippen LogP contribution in [0.15, 0.2) is 12.2 Å². The van der Waals surface area contributed by atoms with Crippen LogP contribution in [0.3, 0.4) is 0 Å². The maximum absolute atomic E-state index is 3.72. The molecular formula is C13H26N2. The van der Waals surface area contributed by atoms with Gasteiger partial charge < -0.3 is 5.32 Å². The van der Waals surface area contributed by atoms with Gasteiger partial charge in [0, 0.05) is 6.04 Å². The maximum Gasteiger partial charge on any atom is 0.0571 e. The SMILES string of the molecule is CCCCC(NC)NC1CC=CCCC1. The highest BCUT2D eigenvalue weighted by molar-refractivity contribution is 4.91. The Kier molecular flexibility index (Phi) is 6.69. The van der Waals surface area contributed by atoms with Gasteiger partial charge in [0.15, 0.2) is 0 Å². The van der Waals surface area contributed by atoms with Crippen LogP contribution in [0.2, 0.25) is 0 Å². The third-order valence-electron chi connectivity index (χ3n) is 3.14. The Balaban J connectivity index is 2.26. The van der Waals surface area contributed by atoms with E-state index in [4.69, 9.17) is 0 Å². The number of rotatable bonds is 6. The Labute approximate surface area is 94.5 Å². The lowest BCUT2D eigenvalue weighted by molar-refractivity contribution is 0.350. The average Bonchev–Trinajstić information content (AvgIpc) is 2.52. The van der Waals surface area contributed by atoms with E-state index >= 15 is 0 Å². The molecule has 2 atom stereocenters. The first-order valence-corrected chi connectivity index (χ1v) is 6.45. The van der Waals surface area contributed by atoms with Gasteiger partial charge in [-0.2, -0.15) is 0 Å². The van der Waals surface area contributed by atoms with Gasteiger partial charge in [0.05, 0.1) is 6.17 Å². The van der Waals surface area contributed by atoms with Crippen LogP contribution in [0.25, 0.3) is 0 Å². The lowest BCUT2D eigenvalue weighted by atomic mass is 10.1. The van der Waals surface area contributed by atoms with Crippen molar-refractivity contribution in [3.05, 3.63) is 12.2 Å². The molecule has 0 bridgehead atoms. The highest BCUT2D eigenvalue weighted by atomic mass is 15.1.